The van der Waals surface area contributed by atoms with Crippen molar-refractivity contribution in [1.82, 2.24) is 0 Å². The Morgan fingerprint density at radius 1 is 1.54 bits per heavy atom. The molecule has 7 heteroatoms. The number of hydrogen-bond donors (Lipinski definition) is 1. The van der Waals surface area contributed by atoms with Crippen molar-refractivity contribution in [3.8, 4) is 0 Å². The Bertz CT molecular complexity index is 414. The van der Waals surface area contributed by atoms with Gasteiger partial charge in [-0.2, -0.15) is 13.2 Å². The average molecular weight is 202 g/mol. The van der Waals surface area contributed by atoms with Gasteiger partial charge in [0.15, 0.2) is 0 Å². The van der Waals surface area contributed by atoms with E-state index in [4.69, 9.17) is 10.1 Å². The van der Waals surface area contributed by atoms with E-state index in [1.807, 2.05) is 0 Å². The highest BCUT2D eigenvalue weighted by Crippen LogP contribution is 2.10. The molecule has 1 aliphatic rings. The minimum absolute atomic E-state index is 0.00472. The highest BCUT2D eigenvalue weighted by molar-refractivity contribution is 7.81. The quantitative estimate of drug-likeness (QED) is 0.396. The van der Waals surface area contributed by atoms with Crippen LogP contribution in [-0.4, -0.2) is 23.5 Å². The van der Waals surface area contributed by atoms with Gasteiger partial charge in [0.1, 0.15) is 5.76 Å². The summed E-state index contributed by atoms with van der Waals surface area (Å²) in [7, 11) is -4.47. The van der Waals surface area contributed by atoms with Crippen molar-refractivity contribution in [2.24, 2.45) is 0 Å². The standard InChI is InChI=1S/C6H6N2O4S/c7-8-5-1-3-6(4-2-5)12-13(9,10)11/h1,3-4H,2H2,(H,9,10,11). The topological polar surface area (TPSA) is 100 Å². The van der Waals surface area contributed by atoms with Crippen molar-refractivity contribution in [2.75, 3.05) is 0 Å². The molecule has 0 bridgehead atoms. The van der Waals surface area contributed by atoms with Crippen LogP contribution >= 0.6 is 0 Å². The molecule has 0 radical (unpaired) electrons. The minimum Gasteiger partial charge on any atom is -0.362 e. The third kappa shape index (κ3) is 3.20. The summed E-state index contributed by atoms with van der Waals surface area (Å²) >= 11 is 0. The molecule has 0 aliphatic heterocycles. The van der Waals surface area contributed by atoms with Gasteiger partial charge in [-0.3, -0.25) is 4.55 Å². The molecule has 70 valence electrons. The fraction of sp³-hybridized carbons (Fsp3) is 0.167. The van der Waals surface area contributed by atoms with Gasteiger partial charge in [0, 0.05) is 6.08 Å². The van der Waals surface area contributed by atoms with E-state index >= 15 is 0 Å². The Labute approximate surface area is 74.7 Å². The maximum absolute atomic E-state index is 10.2. The fourth-order valence-electron chi connectivity index (χ4n) is 0.777. The Kier molecular flexibility index (Phi) is 2.62. The van der Waals surface area contributed by atoms with E-state index in [1.165, 1.54) is 18.2 Å². The molecule has 0 saturated carbocycles. The van der Waals surface area contributed by atoms with Gasteiger partial charge < -0.3 is 9.71 Å². The van der Waals surface area contributed by atoms with E-state index < -0.39 is 10.4 Å². The van der Waals surface area contributed by atoms with Crippen LogP contribution in [0.5, 0.6) is 0 Å². The van der Waals surface area contributed by atoms with Crippen molar-refractivity contribution in [3.63, 3.8) is 0 Å². The molecule has 0 saturated heterocycles. The molecule has 0 atom stereocenters. The van der Waals surface area contributed by atoms with E-state index in [-0.39, 0.29) is 12.2 Å². The molecule has 0 aromatic heterocycles. The van der Waals surface area contributed by atoms with Gasteiger partial charge in [-0.15, -0.1) is 0 Å². The van der Waals surface area contributed by atoms with Crippen molar-refractivity contribution >= 4 is 16.1 Å². The maximum Gasteiger partial charge on any atom is 0.446 e. The highest BCUT2D eigenvalue weighted by Gasteiger charge is 2.13. The lowest BCUT2D eigenvalue weighted by Gasteiger charge is -2.03. The van der Waals surface area contributed by atoms with Gasteiger partial charge >= 0.3 is 10.4 Å². The van der Waals surface area contributed by atoms with Crippen LogP contribution in [0.1, 0.15) is 6.42 Å². The van der Waals surface area contributed by atoms with E-state index in [0.717, 1.165) is 0 Å². The van der Waals surface area contributed by atoms with Gasteiger partial charge in [0.2, 0.25) is 0 Å². The zero-order chi connectivity index (χ0) is 9.90. The van der Waals surface area contributed by atoms with Crippen LogP contribution in [-0.2, 0) is 14.6 Å². The molecular formula is C6H6N2O4S. The predicted molar refractivity (Wildman–Crippen MR) is 43.1 cm³/mol. The molecular weight excluding hydrogens is 196 g/mol. The smallest absolute Gasteiger partial charge is 0.362 e. The van der Waals surface area contributed by atoms with Crippen LogP contribution in [0.15, 0.2) is 24.0 Å². The molecule has 0 aromatic carbocycles. The molecule has 13 heavy (non-hydrogen) atoms. The summed E-state index contributed by atoms with van der Waals surface area (Å²) in [5, 5.41) is 0. The average Bonchev–Trinajstić information content (AvgIpc) is 2.03. The van der Waals surface area contributed by atoms with Crippen LogP contribution in [0.3, 0.4) is 0 Å². The fourth-order valence-corrected chi connectivity index (χ4v) is 1.14. The Morgan fingerprint density at radius 2 is 2.23 bits per heavy atom. The molecule has 1 rings (SSSR count). The predicted octanol–water partition coefficient (Wildman–Crippen LogP) is 0.320. The normalized spacial score (nSPS) is 16.4. The maximum atomic E-state index is 10.2. The molecule has 1 aliphatic carbocycles. The minimum atomic E-state index is -4.47. The van der Waals surface area contributed by atoms with Crippen LogP contribution < -0.4 is 0 Å². The lowest BCUT2D eigenvalue weighted by molar-refractivity contribution is -0.00550. The number of rotatable bonds is 2. The van der Waals surface area contributed by atoms with Gasteiger partial charge in [-0.1, -0.05) is 0 Å². The molecule has 1 N–H and O–H groups in total. The summed E-state index contributed by atoms with van der Waals surface area (Å²) in [6.07, 6.45) is 4.26. The Balaban J connectivity index is 2.74. The summed E-state index contributed by atoms with van der Waals surface area (Å²) in [5.41, 5.74) is 8.69. The highest BCUT2D eigenvalue weighted by atomic mass is 32.3. The zero-order valence-electron chi connectivity index (χ0n) is 6.41. The first-order valence-electron chi connectivity index (χ1n) is 3.27. The Hall–Kier alpha value is -1.43. The van der Waals surface area contributed by atoms with Crippen molar-refractivity contribution in [1.29, 1.82) is 0 Å². The second kappa shape index (κ2) is 3.53. The van der Waals surface area contributed by atoms with E-state index in [9.17, 15) is 8.42 Å². The van der Waals surface area contributed by atoms with Crippen molar-refractivity contribution in [2.45, 2.75) is 6.42 Å². The van der Waals surface area contributed by atoms with E-state index in [1.54, 1.807) is 0 Å². The number of allylic oxidation sites excluding steroid dienone is 3. The van der Waals surface area contributed by atoms with Gasteiger partial charge in [0.25, 0.3) is 5.71 Å². The van der Waals surface area contributed by atoms with Crippen molar-refractivity contribution in [3.05, 3.63) is 29.5 Å². The lowest BCUT2D eigenvalue weighted by atomic mass is 10.1. The van der Waals surface area contributed by atoms with Crippen LogP contribution in [0.4, 0.5) is 0 Å². The van der Waals surface area contributed by atoms with Crippen LogP contribution in [0, 0.1) is 0 Å². The first-order valence-corrected chi connectivity index (χ1v) is 4.64. The van der Waals surface area contributed by atoms with Gasteiger partial charge in [0.05, 0.1) is 6.42 Å². The Morgan fingerprint density at radius 3 is 2.62 bits per heavy atom. The summed E-state index contributed by atoms with van der Waals surface area (Å²) < 4.78 is 32.9. The van der Waals surface area contributed by atoms with Crippen LogP contribution in [0.25, 0.3) is 5.53 Å². The summed E-state index contributed by atoms with van der Waals surface area (Å²) in [6, 6.07) is 0. The first kappa shape index (κ1) is 9.66. The second-order valence-electron chi connectivity index (χ2n) is 2.25. The molecule has 0 spiro atoms. The molecule has 0 fully saturated rings. The third-order valence-corrected chi connectivity index (χ3v) is 1.69. The summed E-state index contributed by atoms with van der Waals surface area (Å²) in [4.78, 5) is 2.90. The lowest BCUT2D eigenvalue weighted by Crippen LogP contribution is -2.06. The molecule has 0 heterocycles. The summed E-state index contributed by atoms with van der Waals surface area (Å²) in [5.74, 6) is -0.00472. The summed E-state index contributed by atoms with van der Waals surface area (Å²) in [6.45, 7) is 0. The second-order valence-corrected chi connectivity index (χ2v) is 3.27. The molecule has 0 unspecified atom stereocenters. The third-order valence-electron chi connectivity index (χ3n) is 1.28. The largest absolute Gasteiger partial charge is 0.446 e. The number of nitrogens with zero attached hydrogens (tertiary/aromatic N) is 2. The number of hydrogen-bond acceptors (Lipinski definition) is 3. The molecule has 0 amide bonds. The van der Waals surface area contributed by atoms with Gasteiger partial charge in [-0.25, -0.2) is 0 Å². The monoisotopic (exact) mass is 202 g/mol. The molecule has 0 aromatic rings. The van der Waals surface area contributed by atoms with Crippen molar-refractivity contribution < 1.29 is 21.9 Å². The SMILES string of the molecule is [N-]=[N+]=C1C=CC(OS(=O)(=O)O)=CC1. The first-order chi connectivity index (χ1) is 6.01. The van der Waals surface area contributed by atoms with Crippen LogP contribution in [0.2, 0.25) is 0 Å². The molecule has 6 nitrogen and oxygen atoms in total. The van der Waals surface area contributed by atoms with E-state index in [0.29, 0.717) is 5.71 Å². The van der Waals surface area contributed by atoms with Gasteiger partial charge in [-0.05, 0) is 12.2 Å². The van der Waals surface area contributed by atoms with E-state index in [2.05, 4.69) is 8.97 Å². The zero-order valence-corrected chi connectivity index (χ0v) is 7.23.